The summed E-state index contributed by atoms with van der Waals surface area (Å²) in [6.07, 6.45) is 0.477. The Kier molecular flexibility index (Phi) is 3.52. The van der Waals surface area contributed by atoms with E-state index in [1.54, 1.807) is 6.07 Å². The number of carboxylic acids is 1. The van der Waals surface area contributed by atoms with Gasteiger partial charge in [-0.15, -0.1) is 0 Å². The third kappa shape index (κ3) is 2.31. The number of hydrogen-bond donors (Lipinski definition) is 1. The van der Waals surface area contributed by atoms with Crippen molar-refractivity contribution in [3.05, 3.63) is 34.6 Å². The van der Waals surface area contributed by atoms with Crippen LogP contribution in [0, 0.1) is 5.82 Å². The molecule has 1 unspecified atom stereocenters. The molecule has 1 amide bonds. The highest BCUT2D eigenvalue weighted by Crippen LogP contribution is 2.26. The van der Waals surface area contributed by atoms with Crippen LogP contribution in [0.25, 0.3) is 0 Å². The monoisotopic (exact) mass is 271 g/mol. The molecule has 0 radical (unpaired) electrons. The molecule has 18 heavy (non-hydrogen) atoms. The van der Waals surface area contributed by atoms with Gasteiger partial charge in [0.2, 0.25) is 5.91 Å². The van der Waals surface area contributed by atoms with Crippen LogP contribution in [0.2, 0.25) is 5.02 Å². The molecule has 1 N–H and O–H groups in total. The number of nitrogens with zero attached hydrogens (tertiary/aromatic N) is 1. The first-order valence-electron chi connectivity index (χ1n) is 5.46. The molecule has 1 aliphatic rings. The largest absolute Gasteiger partial charge is 0.480 e. The molecule has 4 nitrogen and oxygen atoms in total. The second kappa shape index (κ2) is 4.94. The molecule has 1 atom stereocenters. The average Bonchev–Trinajstić information content (AvgIpc) is 2.67. The zero-order chi connectivity index (χ0) is 13.3. The Morgan fingerprint density at radius 2 is 2.28 bits per heavy atom. The number of likely N-dealkylation sites (tertiary alicyclic amines) is 1. The fourth-order valence-corrected chi connectivity index (χ4v) is 2.23. The lowest BCUT2D eigenvalue weighted by Crippen LogP contribution is -2.38. The second-order valence-electron chi connectivity index (χ2n) is 4.13. The first kappa shape index (κ1) is 12.8. The highest BCUT2D eigenvalue weighted by atomic mass is 35.5. The van der Waals surface area contributed by atoms with Crippen molar-refractivity contribution in [2.24, 2.45) is 0 Å². The summed E-state index contributed by atoms with van der Waals surface area (Å²) in [5.41, 5.74) is 0.415. The van der Waals surface area contributed by atoms with Crippen LogP contribution in [-0.4, -0.2) is 27.9 Å². The summed E-state index contributed by atoms with van der Waals surface area (Å²) in [6, 6.07) is 3.42. The van der Waals surface area contributed by atoms with Crippen LogP contribution >= 0.6 is 11.6 Å². The van der Waals surface area contributed by atoms with Gasteiger partial charge in [0, 0.05) is 13.0 Å². The van der Waals surface area contributed by atoms with Gasteiger partial charge in [-0.2, -0.15) is 0 Å². The van der Waals surface area contributed by atoms with Crippen molar-refractivity contribution in [1.29, 1.82) is 0 Å². The van der Waals surface area contributed by atoms with Gasteiger partial charge in [0.05, 0.1) is 5.02 Å². The van der Waals surface area contributed by atoms with Gasteiger partial charge in [0.15, 0.2) is 0 Å². The normalized spacial score (nSPS) is 19.3. The number of benzene rings is 1. The molecule has 0 saturated carbocycles. The van der Waals surface area contributed by atoms with E-state index in [1.807, 2.05) is 0 Å². The van der Waals surface area contributed by atoms with Crippen LogP contribution < -0.4 is 0 Å². The number of carbonyl (C=O) groups is 2. The van der Waals surface area contributed by atoms with E-state index in [9.17, 15) is 14.0 Å². The molecule has 1 aromatic carbocycles. The Morgan fingerprint density at radius 3 is 2.94 bits per heavy atom. The predicted molar refractivity (Wildman–Crippen MR) is 62.6 cm³/mol. The minimum absolute atomic E-state index is 0.0202. The second-order valence-corrected chi connectivity index (χ2v) is 4.51. The van der Waals surface area contributed by atoms with E-state index in [4.69, 9.17) is 16.7 Å². The summed E-state index contributed by atoms with van der Waals surface area (Å²) in [6.45, 7) is 0.0202. The van der Waals surface area contributed by atoms with Gasteiger partial charge >= 0.3 is 5.97 Å². The number of rotatable bonds is 3. The van der Waals surface area contributed by atoms with E-state index in [-0.39, 0.29) is 30.3 Å². The molecule has 1 fully saturated rings. The molecule has 1 heterocycles. The van der Waals surface area contributed by atoms with Crippen molar-refractivity contribution in [3.8, 4) is 0 Å². The van der Waals surface area contributed by atoms with Crippen LogP contribution in [0.1, 0.15) is 18.4 Å². The molecule has 0 aromatic heterocycles. The lowest BCUT2D eigenvalue weighted by Gasteiger charge is -2.22. The smallest absolute Gasteiger partial charge is 0.326 e. The predicted octanol–water partition coefficient (Wildman–Crippen LogP) is 2.05. The molecular weight excluding hydrogens is 261 g/mol. The number of amides is 1. The minimum Gasteiger partial charge on any atom is -0.480 e. The summed E-state index contributed by atoms with van der Waals surface area (Å²) < 4.78 is 13.3. The Balaban J connectivity index is 2.24. The Hall–Kier alpha value is -1.62. The molecule has 1 aromatic rings. The van der Waals surface area contributed by atoms with Gasteiger partial charge < -0.3 is 10.0 Å². The lowest BCUT2D eigenvalue weighted by atomic mass is 10.2. The molecule has 0 bridgehead atoms. The van der Waals surface area contributed by atoms with E-state index >= 15 is 0 Å². The highest BCUT2D eigenvalue weighted by molar-refractivity contribution is 6.31. The molecule has 96 valence electrons. The van der Waals surface area contributed by atoms with Crippen LogP contribution in [0.4, 0.5) is 4.39 Å². The molecular formula is C12H11ClFNO3. The number of carbonyl (C=O) groups excluding carboxylic acids is 1. The van der Waals surface area contributed by atoms with Crippen molar-refractivity contribution in [2.45, 2.75) is 25.4 Å². The third-order valence-electron chi connectivity index (χ3n) is 2.99. The standard InChI is InChI=1S/C12H11ClFNO3/c13-11-7(2-1-3-8(11)14)6-15-9(12(17)18)4-5-10(15)16/h1-3,9H,4-6H2,(H,17,18). The maximum absolute atomic E-state index is 13.3. The zero-order valence-corrected chi connectivity index (χ0v) is 10.2. The summed E-state index contributed by atoms with van der Waals surface area (Å²) >= 11 is 5.79. The van der Waals surface area contributed by atoms with Crippen LogP contribution in [0.3, 0.4) is 0 Å². The van der Waals surface area contributed by atoms with E-state index in [0.29, 0.717) is 5.56 Å². The SMILES string of the molecule is O=C(O)C1CCC(=O)N1Cc1cccc(F)c1Cl. The number of halogens is 2. The van der Waals surface area contributed by atoms with Crippen molar-refractivity contribution in [1.82, 2.24) is 4.90 Å². The first-order chi connectivity index (χ1) is 8.50. The van der Waals surface area contributed by atoms with Crippen molar-refractivity contribution in [3.63, 3.8) is 0 Å². The van der Waals surface area contributed by atoms with E-state index in [1.165, 1.54) is 17.0 Å². The van der Waals surface area contributed by atoms with Gasteiger partial charge in [-0.1, -0.05) is 23.7 Å². The maximum atomic E-state index is 13.3. The van der Waals surface area contributed by atoms with Crippen molar-refractivity contribution in [2.75, 3.05) is 0 Å². The van der Waals surface area contributed by atoms with E-state index < -0.39 is 17.8 Å². The Morgan fingerprint density at radius 1 is 1.56 bits per heavy atom. The maximum Gasteiger partial charge on any atom is 0.326 e. The fourth-order valence-electron chi connectivity index (χ4n) is 2.04. The average molecular weight is 272 g/mol. The Labute approximate surface area is 108 Å². The van der Waals surface area contributed by atoms with Crippen molar-refractivity contribution >= 4 is 23.5 Å². The molecule has 6 heteroatoms. The van der Waals surface area contributed by atoms with Gasteiger partial charge in [0.25, 0.3) is 0 Å². The summed E-state index contributed by atoms with van der Waals surface area (Å²) in [5.74, 6) is -1.87. The van der Waals surface area contributed by atoms with E-state index in [2.05, 4.69) is 0 Å². The quantitative estimate of drug-likeness (QED) is 0.915. The van der Waals surface area contributed by atoms with Gasteiger partial charge in [-0.3, -0.25) is 4.79 Å². The van der Waals surface area contributed by atoms with Gasteiger partial charge in [-0.25, -0.2) is 9.18 Å². The molecule has 0 spiro atoms. The summed E-state index contributed by atoms with van der Waals surface area (Å²) in [5, 5.41) is 8.93. The summed E-state index contributed by atoms with van der Waals surface area (Å²) in [4.78, 5) is 23.8. The first-order valence-corrected chi connectivity index (χ1v) is 5.83. The van der Waals surface area contributed by atoms with E-state index in [0.717, 1.165) is 0 Å². The van der Waals surface area contributed by atoms with Crippen LogP contribution in [0.5, 0.6) is 0 Å². The number of aliphatic carboxylic acids is 1. The highest BCUT2D eigenvalue weighted by Gasteiger charge is 2.36. The number of hydrogen-bond acceptors (Lipinski definition) is 2. The lowest BCUT2D eigenvalue weighted by molar-refractivity contribution is -0.146. The molecule has 2 rings (SSSR count). The summed E-state index contributed by atoms with van der Waals surface area (Å²) in [7, 11) is 0. The molecule has 1 saturated heterocycles. The molecule has 0 aliphatic carbocycles. The number of carboxylic acid groups (broad SMARTS) is 1. The molecule has 1 aliphatic heterocycles. The van der Waals surface area contributed by atoms with Crippen LogP contribution in [0.15, 0.2) is 18.2 Å². The minimum atomic E-state index is -1.05. The van der Waals surface area contributed by atoms with Crippen molar-refractivity contribution < 1.29 is 19.1 Å². The fraction of sp³-hybridized carbons (Fsp3) is 0.333. The zero-order valence-electron chi connectivity index (χ0n) is 9.40. The Bertz CT molecular complexity index is 506. The van der Waals surface area contributed by atoms with Gasteiger partial charge in [0.1, 0.15) is 11.9 Å². The van der Waals surface area contributed by atoms with Gasteiger partial charge in [-0.05, 0) is 18.1 Å². The van der Waals surface area contributed by atoms with Crippen LogP contribution in [-0.2, 0) is 16.1 Å². The topological polar surface area (TPSA) is 57.6 Å². The third-order valence-corrected chi connectivity index (χ3v) is 3.41.